The van der Waals surface area contributed by atoms with E-state index in [9.17, 15) is 8.78 Å². The van der Waals surface area contributed by atoms with Crippen molar-refractivity contribution in [3.05, 3.63) is 35.4 Å². The van der Waals surface area contributed by atoms with Crippen LogP contribution >= 0.6 is 0 Å². The van der Waals surface area contributed by atoms with Crippen molar-refractivity contribution in [3.63, 3.8) is 0 Å². The van der Waals surface area contributed by atoms with E-state index in [1.807, 2.05) is 25.8 Å². The van der Waals surface area contributed by atoms with Crippen LogP contribution in [0.2, 0.25) is 0 Å². The van der Waals surface area contributed by atoms with Gasteiger partial charge in [-0.15, -0.1) is 0 Å². The molecular weight excluding hydrogens is 224 g/mol. The zero-order chi connectivity index (χ0) is 13.1. The lowest BCUT2D eigenvalue weighted by molar-refractivity contribution is 0.112. The van der Waals surface area contributed by atoms with Gasteiger partial charge in [-0.25, -0.2) is 8.78 Å². The van der Waals surface area contributed by atoms with Gasteiger partial charge in [-0.2, -0.15) is 0 Å². The molecule has 0 heterocycles. The largest absolute Gasteiger partial charge is 0.396 e. The summed E-state index contributed by atoms with van der Waals surface area (Å²) in [5.74, 6) is -1.65. The summed E-state index contributed by atoms with van der Waals surface area (Å²) in [6.45, 7) is 5.21. The maximum atomic E-state index is 13.0. The normalized spacial score (nSPS) is 12.2. The number of benzene rings is 1. The average Bonchev–Trinajstić information content (AvgIpc) is 2.23. The Kier molecular flexibility index (Phi) is 4.60. The first-order valence-electron chi connectivity index (χ1n) is 5.57. The molecule has 1 rings (SSSR count). The van der Waals surface area contributed by atoms with Crippen LogP contribution in [0, 0.1) is 17.0 Å². The average molecular weight is 243 g/mol. The molecular formula is C13H19F2NO. The number of nitrogens with zero attached hydrogens (tertiary/aromatic N) is 1. The van der Waals surface area contributed by atoms with E-state index in [1.165, 1.54) is 6.07 Å². The van der Waals surface area contributed by atoms with Crippen molar-refractivity contribution < 1.29 is 13.9 Å². The van der Waals surface area contributed by atoms with Crippen LogP contribution in [0.15, 0.2) is 18.2 Å². The summed E-state index contributed by atoms with van der Waals surface area (Å²) in [5.41, 5.74) is 0.521. The fraction of sp³-hybridized carbons (Fsp3) is 0.538. The van der Waals surface area contributed by atoms with Crippen LogP contribution in [0.4, 0.5) is 8.78 Å². The van der Waals surface area contributed by atoms with Gasteiger partial charge in [0.15, 0.2) is 11.6 Å². The summed E-state index contributed by atoms with van der Waals surface area (Å²) in [5, 5.41) is 9.15. The van der Waals surface area contributed by atoms with Crippen LogP contribution in [0.5, 0.6) is 0 Å². The molecule has 0 bridgehead atoms. The van der Waals surface area contributed by atoms with E-state index in [0.29, 0.717) is 13.1 Å². The number of hydrogen-bond acceptors (Lipinski definition) is 2. The van der Waals surface area contributed by atoms with Crippen molar-refractivity contribution in [2.75, 3.05) is 20.2 Å². The lowest BCUT2D eigenvalue weighted by Gasteiger charge is -2.28. The van der Waals surface area contributed by atoms with Crippen molar-refractivity contribution >= 4 is 0 Å². The second kappa shape index (κ2) is 5.56. The van der Waals surface area contributed by atoms with E-state index < -0.39 is 11.6 Å². The summed E-state index contributed by atoms with van der Waals surface area (Å²) >= 11 is 0. The Hall–Kier alpha value is -1.00. The predicted molar refractivity (Wildman–Crippen MR) is 63.6 cm³/mol. The Balaban J connectivity index is 2.62. The molecule has 96 valence electrons. The summed E-state index contributed by atoms with van der Waals surface area (Å²) < 4.78 is 25.7. The molecule has 2 nitrogen and oxygen atoms in total. The molecule has 0 aromatic heterocycles. The summed E-state index contributed by atoms with van der Waals surface area (Å²) in [4.78, 5) is 1.98. The zero-order valence-electron chi connectivity index (χ0n) is 10.5. The summed E-state index contributed by atoms with van der Waals surface area (Å²) in [7, 11) is 1.89. The number of hydrogen-bond donors (Lipinski definition) is 1. The van der Waals surface area contributed by atoms with Crippen molar-refractivity contribution in [1.82, 2.24) is 4.90 Å². The van der Waals surface area contributed by atoms with Crippen LogP contribution in [-0.2, 0) is 6.54 Å². The molecule has 0 radical (unpaired) electrons. The van der Waals surface area contributed by atoms with Gasteiger partial charge in [0.25, 0.3) is 0 Å². The number of rotatable bonds is 5. The Bertz CT molecular complexity index is 380. The summed E-state index contributed by atoms with van der Waals surface area (Å²) in [6.07, 6.45) is 0. The predicted octanol–water partition coefficient (Wildman–Crippen LogP) is 2.42. The molecule has 17 heavy (non-hydrogen) atoms. The van der Waals surface area contributed by atoms with Crippen LogP contribution in [0.25, 0.3) is 0 Å². The highest BCUT2D eigenvalue weighted by Crippen LogP contribution is 2.17. The van der Waals surface area contributed by atoms with Crippen LogP contribution in [-0.4, -0.2) is 30.2 Å². The third-order valence-electron chi connectivity index (χ3n) is 2.56. The van der Waals surface area contributed by atoms with Gasteiger partial charge in [0.2, 0.25) is 0 Å². The van der Waals surface area contributed by atoms with E-state index in [1.54, 1.807) is 6.07 Å². The second-order valence-corrected chi connectivity index (χ2v) is 5.24. The first kappa shape index (κ1) is 14.1. The van der Waals surface area contributed by atoms with E-state index >= 15 is 0 Å². The quantitative estimate of drug-likeness (QED) is 0.858. The van der Waals surface area contributed by atoms with Gasteiger partial charge in [0, 0.05) is 25.1 Å². The van der Waals surface area contributed by atoms with E-state index in [2.05, 4.69) is 0 Å². The molecule has 0 fully saturated rings. The molecule has 0 saturated heterocycles. The van der Waals surface area contributed by atoms with Gasteiger partial charge in [-0.3, -0.25) is 0 Å². The molecule has 0 aliphatic rings. The standard InChI is InChI=1S/C13H19F2NO/c1-13(2,9-17)8-16(3)7-10-4-5-11(14)12(15)6-10/h4-6,17H,7-9H2,1-3H3. The maximum absolute atomic E-state index is 13.0. The molecule has 0 spiro atoms. The Morgan fingerprint density at radius 1 is 1.24 bits per heavy atom. The third kappa shape index (κ3) is 4.40. The topological polar surface area (TPSA) is 23.5 Å². The first-order valence-corrected chi connectivity index (χ1v) is 5.57. The molecule has 0 unspecified atom stereocenters. The van der Waals surface area contributed by atoms with E-state index in [4.69, 9.17) is 5.11 Å². The number of aliphatic hydroxyl groups is 1. The smallest absolute Gasteiger partial charge is 0.159 e. The molecule has 0 atom stereocenters. The fourth-order valence-corrected chi connectivity index (χ4v) is 1.79. The highest BCUT2D eigenvalue weighted by atomic mass is 19.2. The van der Waals surface area contributed by atoms with Crippen molar-refractivity contribution in [2.45, 2.75) is 20.4 Å². The Labute approximate surface area is 101 Å². The molecule has 4 heteroatoms. The minimum Gasteiger partial charge on any atom is -0.396 e. The second-order valence-electron chi connectivity index (χ2n) is 5.24. The minimum absolute atomic E-state index is 0.0924. The van der Waals surface area contributed by atoms with Gasteiger partial charge >= 0.3 is 0 Å². The molecule has 0 saturated carbocycles. The van der Waals surface area contributed by atoms with Gasteiger partial charge < -0.3 is 10.0 Å². The highest BCUT2D eigenvalue weighted by Gasteiger charge is 2.19. The molecule has 0 aliphatic heterocycles. The monoisotopic (exact) mass is 243 g/mol. The molecule has 0 aliphatic carbocycles. The van der Waals surface area contributed by atoms with Gasteiger partial charge in [0.1, 0.15) is 0 Å². The lowest BCUT2D eigenvalue weighted by Crippen LogP contribution is -2.33. The van der Waals surface area contributed by atoms with Gasteiger partial charge in [0.05, 0.1) is 0 Å². The SMILES string of the molecule is CN(Cc1ccc(F)c(F)c1)CC(C)(C)CO. The fourth-order valence-electron chi connectivity index (χ4n) is 1.79. The molecule has 1 aromatic carbocycles. The lowest BCUT2D eigenvalue weighted by atomic mass is 9.94. The van der Waals surface area contributed by atoms with Crippen LogP contribution in [0.3, 0.4) is 0 Å². The Morgan fingerprint density at radius 2 is 1.88 bits per heavy atom. The summed E-state index contributed by atoms with van der Waals surface area (Å²) in [6, 6.07) is 3.91. The van der Waals surface area contributed by atoms with E-state index in [0.717, 1.165) is 11.6 Å². The van der Waals surface area contributed by atoms with Crippen LogP contribution in [0.1, 0.15) is 19.4 Å². The first-order chi connectivity index (χ1) is 7.84. The zero-order valence-corrected chi connectivity index (χ0v) is 10.5. The molecule has 0 amide bonds. The Morgan fingerprint density at radius 3 is 2.41 bits per heavy atom. The third-order valence-corrected chi connectivity index (χ3v) is 2.56. The van der Waals surface area contributed by atoms with Crippen molar-refractivity contribution in [3.8, 4) is 0 Å². The van der Waals surface area contributed by atoms with Gasteiger partial charge in [-0.1, -0.05) is 19.9 Å². The number of halogens is 2. The van der Waals surface area contributed by atoms with Crippen molar-refractivity contribution in [1.29, 1.82) is 0 Å². The maximum Gasteiger partial charge on any atom is 0.159 e. The van der Waals surface area contributed by atoms with Crippen molar-refractivity contribution in [2.24, 2.45) is 5.41 Å². The number of aliphatic hydroxyl groups excluding tert-OH is 1. The van der Waals surface area contributed by atoms with Crippen LogP contribution < -0.4 is 0 Å². The van der Waals surface area contributed by atoms with E-state index in [-0.39, 0.29) is 12.0 Å². The van der Waals surface area contributed by atoms with Gasteiger partial charge in [-0.05, 0) is 24.7 Å². The molecule has 1 aromatic rings. The molecule has 1 N–H and O–H groups in total. The highest BCUT2D eigenvalue weighted by molar-refractivity contribution is 5.17. The minimum atomic E-state index is -0.827.